The molecule has 0 unspecified atom stereocenters. The third kappa shape index (κ3) is 2.22. The van der Waals surface area contributed by atoms with E-state index in [1.54, 1.807) is 0 Å². The van der Waals surface area contributed by atoms with Crippen molar-refractivity contribution in [3.8, 4) is 0 Å². The maximum Gasteiger partial charge on any atom is 0.111 e. The minimum Gasteiger partial charge on any atom is -0.331 e. The van der Waals surface area contributed by atoms with Crippen LogP contribution in [-0.2, 0) is 19.5 Å². The van der Waals surface area contributed by atoms with Gasteiger partial charge in [-0.25, -0.2) is 4.98 Å². The van der Waals surface area contributed by atoms with Gasteiger partial charge in [0.2, 0.25) is 0 Å². The Morgan fingerprint density at radius 3 is 2.58 bits per heavy atom. The number of hydrogen-bond acceptors (Lipinski definition) is 2. The lowest BCUT2D eigenvalue weighted by atomic mass is 9.92. The van der Waals surface area contributed by atoms with Crippen LogP contribution < -0.4 is 5.32 Å². The van der Waals surface area contributed by atoms with E-state index >= 15 is 0 Å². The monoisotopic (exact) mass is 261 g/mol. The third-order valence-electron chi connectivity index (χ3n) is 5.12. The SMILES string of the molecule is CC(C)c1nc2c(n1CC1(C(C)C)CC1)CCNC2. The summed E-state index contributed by atoms with van der Waals surface area (Å²) < 4.78 is 2.58. The molecule has 0 radical (unpaired) electrons. The first-order valence-electron chi connectivity index (χ1n) is 7.82. The number of hydrogen-bond donors (Lipinski definition) is 1. The Hall–Kier alpha value is -0.830. The third-order valence-corrected chi connectivity index (χ3v) is 5.12. The molecule has 1 saturated carbocycles. The molecule has 1 aliphatic carbocycles. The Morgan fingerprint density at radius 1 is 1.26 bits per heavy atom. The lowest BCUT2D eigenvalue weighted by Crippen LogP contribution is -2.27. The predicted octanol–water partition coefficient (Wildman–Crippen LogP) is 3.09. The van der Waals surface area contributed by atoms with E-state index in [0.29, 0.717) is 11.3 Å². The van der Waals surface area contributed by atoms with E-state index in [4.69, 9.17) is 4.98 Å². The van der Waals surface area contributed by atoms with Gasteiger partial charge >= 0.3 is 0 Å². The normalized spacial score (nSPS) is 20.9. The van der Waals surface area contributed by atoms with Crippen LogP contribution in [0.2, 0.25) is 0 Å². The second-order valence-corrected chi connectivity index (χ2v) is 7.05. The summed E-state index contributed by atoms with van der Waals surface area (Å²) in [6.07, 6.45) is 3.93. The number of aromatic nitrogens is 2. The van der Waals surface area contributed by atoms with E-state index in [-0.39, 0.29) is 0 Å². The van der Waals surface area contributed by atoms with Crippen molar-refractivity contribution < 1.29 is 0 Å². The zero-order chi connectivity index (χ0) is 13.6. The Kier molecular flexibility index (Phi) is 3.20. The first-order chi connectivity index (χ1) is 9.03. The Labute approximate surface area is 116 Å². The van der Waals surface area contributed by atoms with Crippen molar-refractivity contribution in [1.82, 2.24) is 14.9 Å². The fraction of sp³-hybridized carbons (Fsp3) is 0.812. The topological polar surface area (TPSA) is 29.9 Å². The van der Waals surface area contributed by atoms with Crippen LogP contribution in [0.5, 0.6) is 0 Å². The van der Waals surface area contributed by atoms with Gasteiger partial charge in [0.15, 0.2) is 0 Å². The molecule has 1 N–H and O–H groups in total. The second kappa shape index (κ2) is 4.62. The van der Waals surface area contributed by atoms with E-state index in [0.717, 1.165) is 25.4 Å². The van der Waals surface area contributed by atoms with Crippen LogP contribution in [0.3, 0.4) is 0 Å². The highest BCUT2D eigenvalue weighted by atomic mass is 15.1. The standard InChI is InChI=1S/C16H27N3/c1-11(2)15-18-13-9-17-8-5-14(13)19(15)10-16(6-7-16)12(3)4/h11-12,17H,5-10H2,1-4H3. The molecule has 106 valence electrons. The number of nitrogens with zero attached hydrogens (tertiary/aromatic N) is 2. The lowest BCUT2D eigenvalue weighted by molar-refractivity contribution is 0.299. The van der Waals surface area contributed by atoms with Crippen molar-refractivity contribution in [3.63, 3.8) is 0 Å². The molecule has 1 aliphatic heterocycles. The van der Waals surface area contributed by atoms with Gasteiger partial charge in [0.05, 0.1) is 5.69 Å². The van der Waals surface area contributed by atoms with Crippen molar-refractivity contribution in [1.29, 1.82) is 0 Å². The van der Waals surface area contributed by atoms with Crippen LogP contribution in [0.1, 0.15) is 63.7 Å². The number of rotatable bonds is 4. The van der Waals surface area contributed by atoms with Gasteiger partial charge in [-0.1, -0.05) is 27.7 Å². The zero-order valence-corrected chi connectivity index (χ0v) is 12.8. The summed E-state index contributed by atoms with van der Waals surface area (Å²) in [5.41, 5.74) is 3.37. The molecular formula is C16H27N3. The van der Waals surface area contributed by atoms with E-state index in [9.17, 15) is 0 Å². The largest absolute Gasteiger partial charge is 0.331 e. The first kappa shape index (κ1) is 13.2. The fourth-order valence-corrected chi connectivity index (χ4v) is 3.40. The summed E-state index contributed by atoms with van der Waals surface area (Å²) in [6, 6.07) is 0. The Bertz CT molecular complexity index is 467. The van der Waals surface area contributed by atoms with Crippen molar-refractivity contribution in [3.05, 3.63) is 17.2 Å². The van der Waals surface area contributed by atoms with Crippen LogP contribution in [0.25, 0.3) is 0 Å². The van der Waals surface area contributed by atoms with E-state index in [2.05, 4.69) is 37.6 Å². The molecule has 3 heteroatoms. The van der Waals surface area contributed by atoms with Crippen LogP contribution in [-0.4, -0.2) is 16.1 Å². The molecule has 2 heterocycles. The van der Waals surface area contributed by atoms with Crippen molar-refractivity contribution in [2.24, 2.45) is 11.3 Å². The summed E-state index contributed by atoms with van der Waals surface area (Å²) in [5, 5.41) is 3.45. The maximum atomic E-state index is 4.92. The van der Waals surface area contributed by atoms with Crippen molar-refractivity contribution in [2.45, 2.75) is 66.0 Å². The summed E-state index contributed by atoms with van der Waals surface area (Å²) in [7, 11) is 0. The first-order valence-corrected chi connectivity index (χ1v) is 7.82. The summed E-state index contributed by atoms with van der Waals surface area (Å²) in [6.45, 7) is 12.6. The van der Waals surface area contributed by atoms with E-state index < -0.39 is 0 Å². The molecule has 1 fully saturated rings. The van der Waals surface area contributed by atoms with Crippen molar-refractivity contribution in [2.75, 3.05) is 6.54 Å². The molecule has 0 spiro atoms. The van der Waals surface area contributed by atoms with Crippen molar-refractivity contribution >= 4 is 0 Å². The summed E-state index contributed by atoms with van der Waals surface area (Å²) in [4.78, 5) is 4.92. The molecule has 1 aromatic rings. The molecule has 0 aromatic carbocycles. The van der Waals surface area contributed by atoms with E-state index in [1.165, 1.54) is 36.6 Å². The molecule has 0 saturated heterocycles. The predicted molar refractivity (Wildman–Crippen MR) is 78.2 cm³/mol. The zero-order valence-electron chi connectivity index (χ0n) is 12.8. The smallest absolute Gasteiger partial charge is 0.111 e. The minimum absolute atomic E-state index is 0.522. The molecule has 0 bridgehead atoms. The molecule has 0 amide bonds. The van der Waals surface area contributed by atoms with Crippen LogP contribution >= 0.6 is 0 Å². The Morgan fingerprint density at radius 2 is 2.00 bits per heavy atom. The van der Waals surface area contributed by atoms with Crippen LogP contribution in [0.4, 0.5) is 0 Å². The highest BCUT2D eigenvalue weighted by Gasteiger charge is 2.46. The van der Waals surface area contributed by atoms with Gasteiger partial charge in [-0.2, -0.15) is 0 Å². The Balaban J connectivity index is 1.96. The number of fused-ring (bicyclic) bond motifs is 1. The quantitative estimate of drug-likeness (QED) is 0.902. The lowest BCUT2D eigenvalue weighted by Gasteiger charge is -2.25. The summed E-state index contributed by atoms with van der Waals surface area (Å²) in [5.74, 6) is 2.61. The van der Waals surface area contributed by atoms with Gasteiger partial charge in [0, 0.05) is 37.7 Å². The molecule has 0 atom stereocenters. The second-order valence-electron chi connectivity index (χ2n) is 7.05. The summed E-state index contributed by atoms with van der Waals surface area (Å²) >= 11 is 0. The van der Waals surface area contributed by atoms with Gasteiger partial charge in [0.25, 0.3) is 0 Å². The average Bonchev–Trinajstić information content (AvgIpc) is 3.06. The highest BCUT2D eigenvalue weighted by molar-refractivity contribution is 5.22. The molecule has 3 nitrogen and oxygen atoms in total. The maximum absolute atomic E-state index is 4.92. The molecule has 3 rings (SSSR count). The van der Waals surface area contributed by atoms with E-state index in [1.807, 2.05) is 0 Å². The number of nitrogens with one attached hydrogen (secondary N) is 1. The van der Waals surface area contributed by atoms with Gasteiger partial charge in [0.1, 0.15) is 5.82 Å². The van der Waals surface area contributed by atoms with Gasteiger partial charge in [-0.15, -0.1) is 0 Å². The molecule has 19 heavy (non-hydrogen) atoms. The minimum atomic E-state index is 0.522. The van der Waals surface area contributed by atoms with Crippen LogP contribution in [0, 0.1) is 11.3 Å². The average molecular weight is 261 g/mol. The molecular weight excluding hydrogens is 234 g/mol. The van der Waals surface area contributed by atoms with Gasteiger partial charge in [-0.3, -0.25) is 0 Å². The van der Waals surface area contributed by atoms with Crippen LogP contribution in [0.15, 0.2) is 0 Å². The molecule has 1 aromatic heterocycles. The highest BCUT2D eigenvalue weighted by Crippen LogP contribution is 2.53. The number of imidazole rings is 1. The molecule has 2 aliphatic rings. The van der Waals surface area contributed by atoms with Gasteiger partial charge < -0.3 is 9.88 Å². The van der Waals surface area contributed by atoms with Gasteiger partial charge in [-0.05, 0) is 24.2 Å². The fourth-order valence-electron chi connectivity index (χ4n) is 3.40.